The summed E-state index contributed by atoms with van der Waals surface area (Å²) in [5.74, 6) is 0.975. The van der Waals surface area contributed by atoms with Crippen LogP contribution in [-0.4, -0.2) is 24.4 Å². The lowest BCUT2D eigenvalue weighted by Crippen LogP contribution is -2.22. The van der Waals surface area contributed by atoms with Crippen molar-refractivity contribution >= 4 is 0 Å². The average Bonchev–Trinajstić information content (AvgIpc) is 2.38. The molecule has 0 aromatic heterocycles. The largest absolute Gasteiger partial charge is 0.493 e. The van der Waals surface area contributed by atoms with Gasteiger partial charge in [0.1, 0.15) is 5.75 Å². The molecule has 19 heavy (non-hydrogen) atoms. The van der Waals surface area contributed by atoms with Crippen LogP contribution < -0.4 is 10.1 Å². The van der Waals surface area contributed by atoms with Crippen LogP contribution in [0.15, 0.2) is 18.2 Å². The van der Waals surface area contributed by atoms with Crippen molar-refractivity contribution in [3.05, 3.63) is 29.3 Å². The molecule has 0 spiro atoms. The minimum Gasteiger partial charge on any atom is -0.493 e. The first-order chi connectivity index (χ1) is 9.13. The summed E-state index contributed by atoms with van der Waals surface area (Å²) in [5, 5.41) is 12.2. The van der Waals surface area contributed by atoms with Crippen molar-refractivity contribution in [3.8, 4) is 5.75 Å². The molecule has 2 N–H and O–H groups in total. The van der Waals surface area contributed by atoms with E-state index in [1.54, 1.807) is 0 Å². The molecule has 3 nitrogen and oxygen atoms in total. The predicted octanol–water partition coefficient (Wildman–Crippen LogP) is 3.03. The maximum atomic E-state index is 8.73. The number of unbranched alkanes of at least 4 members (excludes halogenated alkanes) is 2. The van der Waals surface area contributed by atoms with E-state index >= 15 is 0 Å². The topological polar surface area (TPSA) is 41.5 Å². The number of aryl methyl sites for hydroxylation is 1. The van der Waals surface area contributed by atoms with Crippen LogP contribution in [0, 0.1) is 6.92 Å². The molecule has 0 atom stereocenters. The third kappa shape index (κ3) is 6.60. The molecule has 3 heteroatoms. The van der Waals surface area contributed by atoms with Gasteiger partial charge in [-0.25, -0.2) is 0 Å². The predicted molar refractivity (Wildman–Crippen MR) is 79.6 cm³/mol. The molecular weight excluding hydrogens is 238 g/mol. The van der Waals surface area contributed by atoms with Crippen LogP contribution in [-0.2, 0) is 6.54 Å². The highest BCUT2D eigenvalue weighted by atomic mass is 16.5. The number of nitrogens with one attached hydrogen (secondary N) is 1. The highest BCUT2D eigenvalue weighted by Gasteiger charge is 2.05. The van der Waals surface area contributed by atoms with Crippen LogP contribution in [0.1, 0.15) is 44.2 Å². The van der Waals surface area contributed by atoms with Crippen molar-refractivity contribution < 1.29 is 9.84 Å². The number of aliphatic hydroxyl groups excluding tert-OH is 1. The Balaban J connectivity index is 2.50. The van der Waals surface area contributed by atoms with Gasteiger partial charge in [0, 0.05) is 24.8 Å². The third-order valence-electron chi connectivity index (χ3n) is 2.98. The smallest absolute Gasteiger partial charge is 0.123 e. The van der Waals surface area contributed by atoms with Gasteiger partial charge in [-0.2, -0.15) is 0 Å². The van der Waals surface area contributed by atoms with Gasteiger partial charge in [-0.3, -0.25) is 0 Å². The minimum atomic E-state index is 0.272. The maximum absolute atomic E-state index is 8.73. The van der Waals surface area contributed by atoms with Crippen molar-refractivity contribution in [3.63, 3.8) is 0 Å². The molecule has 108 valence electrons. The molecule has 0 aliphatic carbocycles. The number of hydrogen-bond acceptors (Lipinski definition) is 3. The second-order valence-electron chi connectivity index (χ2n) is 5.28. The molecule has 0 unspecified atom stereocenters. The van der Waals surface area contributed by atoms with E-state index in [0.29, 0.717) is 6.04 Å². The van der Waals surface area contributed by atoms with E-state index in [-0.39, 0.29) is 6.61 Å². The van der Waals surface area contributed by atoms with E-state index in [1.165, 1.54) is 11.1 Å². The first-order valence-corrected chi connectivity index (χ1v) is 7.20. The molecule has 0 heterocycles. The highest BCUT2D eigenvalue weighted by molar-refractivity contribution is 5.36. The number of benzene rings is 1. The molecule has 0 saturated heterocycles. The summed E-state index contributed by atoms with van der Waals surface area (Å²) < 4.78 is 5.85. The molecular formula is C16H27NO2. The lowest BCUT2D eigenvalue weighted by molar-refractivity contribution is 0.265. The summed E-state index contributed by atoms with van der Waals surface area (Å²) in [7, 11) is 0. The summed E-state index contributed by atoms with van der Waals surface area (Å²) in [4.78, 5) is 0. The summed E-state index contributed by atoms with van der Waals surface area (Å²) in [6.45, 7) is 8.22. The van der Waals surface area contributed by atoms with Gasteiger partial charge in [-0.1, -0.05) is 31.5 Å². The van der Waals surface area contributed by atoms with Gasteiger partial charge < -0.3 is 15.2 Å². The zero-order valence-corrected chi connectivity index (χ0v) is 12.4. The van der Waals surface area contributed by atoms with Crippen molar-refractivity contribution in [1.82, 2.24) is 5.32 Å². The SMILES string of the molecule is Cc1ccc(OCCCCCO)c(CNC(C)C)c1. The van der Waals surface area contributed by atoms with E-state index < -0.39 is 0 Å². The molecule has 0 bridgehead atoms. The van der Waals surface area contributed by atoms with Crippen LogP contribution in [0.3, 0.4) is 0 Å². The van der Waals surface area contributed by atoms with Crippen LogP contribution >= 0.6 is 0 Å². The molecule has 0 amide bonds. The van der Waals surface area contributed by atoms with Crippen molar-refractivity contribution in [1.29, 1.82) is 0 Å². The van der Waals surface area contributed by atoms with Gasteiger partial charge in [0.05, 0.1) is 6.61 Å². The fourth-order valence-corrected chi connectivity index (χ4v) is 1.87. The Kier molecular flexibility index (Phi) is 7.53. The monoisotopic (exact) mass is 265 g/mol. The normalized spacial score (nSPS) is 11.0. The molecule has 0 aliphatic heterocycles. The Labute approximate surface area is 117 Å². The minimum absolute atomic E-state index is 0.272. The lowest BCUT2D eigenvalue weighted by atomic mass is 10.1. The third-order valence-corrected chi connectivity index (χ3v) is 2.98. The fraction of sp³-hybridized carbons (Fsp3) is 0.625. The van der Waals surface area contributed by atoms with Crippen molar-refractivity contribution in [2.24, 2.45) is 0 Å². The first-order valence-electron chi connectivity index (χ1n) is 7.20. The molecule has 1 aromatic carbocycles. The second-order valence-corrected chi connectivity index (χ2v) is 5.28. The second kappa shape index (κ2) is 8.94. The van der Waals surface area contributed by atoms with Gasteiger partial charge in [0.2, 0.25) is 0 Å². The van der Waals surface area contributed by atoms with Crippen molar-refractivity contribution in [2.75, 3.05) is 13.2 Å². The number of hydrogen-bond donors (Lipinski definition) is 2. The van der Waals surface area contributed by atoms with E-state index in [2.05, 4.69) is 44.3 Å². The van der Waals surface area contributed by atoms with Gasteiger partial charge in [-0.05, 0) is 32.3 Å². The molecule has 0 fully saturated rings. The highest BCUT2D eigenvalue weighted by Crippen LogP contribution is 2.20. The van der Waals surface area contributed by atoms with Crippen LogP contribution in [0.2, 0.25) is 0 Å². The van der Waals surface area contributed by atoms with E-state index in [0.717, 1.165) is 38.2 Å². The van der Waals surface area contributed by atoms with E-state index in [9.17, 15) is 0 Å². The maximum Gasteiger partial charge on any atom is 0.123 e. The first kappa shape index (κ1) is 16.0. The van der Waals surface area contributed by atoms with E-state index in [4.69, 9.17) is 9.84 Å². The Bertz CT molecular complexity index is 364. The summed E-state index contributed by atoms with van der Waals surface area (Å²) in [6, 6.07) is 6.79. The van der Waals surface area contributed by atoms with Crippen molar-refractivity contribution in [2.45, 2.75) is 52.6 Å². The molecule has 0 aliphatic rings. The van der Waals surface area contributed by atoms with Crippen LogP contribution in [0.4, 0.5) is 0 Å². The Hall–Kier alpha value is -1.06. The quantitative estimate of drug-likeness (QED) is 0.674. The number of aliphatic hydroxyl groups is 1. The molecule has 0 saturated carbocycles. The fourth-order valence-electron chi connectivity index (χ4n) is 1.87. The van der Waals surface area contributed by atoms with Crippen LogP contribution in [0.25, 0.3) is 0 Å². The summed E-state index contributed by atoms with van der Waals surface area (Å²) >= 11 is 0. The summed E-state index contributed by atoms with van der Waals surface area (Å²) in [5.41, 5.74) is 2.48. The van der Waals surface area contributed by atoms with Crippen LogP contribution in [0.5, 0.6) is 5.75 Å². The molecule has 1 aromatic rings. The lowest BCUT2D eigenvalue weighted by Gasteiger charge is -2.14. The zero-order valence-electron chi connectivity index (χ0n) is 12.4. The Morgan fingerprint density at radius 1 is 1.21 bits per heavy atom. The molecule has 1 rings (SSSR count). The van der Waals surface area contributed by atoms with E-state index in [1.807, 2.05) is 0 Å². The van der Waals surface area contributed by atoms with Gasteiger partial charge in [0.25, 0.3) is 0 Å². The number of rotatable bonds is 9. The van der Waals surface area contributed by atoms with Gasteiger partial charge in [0.15, 0.2) is 0 Å². The zero-order chi connectivity index (χ0) is 14.1. The standard InChI is InChI=1S/C16H27NO2/c1-13(2)17-12-15-11-14(3)7-8-16(15)19-10-6-4-5-9-18/h7-8,11,13,17-18H,4-6,9-10,12H2,1-3H3. The average molecular weight is 265 g/mol. The number of ether oxygens (including phenoxy) is 1. The Morgan fingerprint density at radius 3 is 2.68 bits per heavy atom. The Morgan fingerprint density at radius 2 is 2.00 bits per heavy atom. The van der Waals surface area contributed by atoms with Gasteiger partial charge in [-0.15, -0.1) is 0 Å². The van der Waals surface area contributed by atoms with Gasteiger partial charge >= 0.3 is 0 Å². The molecule has 0 radical (unpaired) electrons. The summed E-state index contributed by atoms with van der Waals surface area (Å²) in [6.07, 6.45) is 2.87.